The van der Waals surface area contributed by atoms with Crippen LogP contribution in [0.4, 0.5) is 5.69 Å². The Balaban J connectivity index is 3.69. The maximum atomic E-state index is 12.6. The van der Waals surface area contributed by atoms with Crippen LogP contribution in [0.5, 0.6) is 0 Å². The minimum Gasteiger partial charge on any atom is -0.479 e. The van der Waals surface area contributed by atoms with E-state index in [-0.39, 0.29) is 16.3 Å². The van der Waals surface area contributed by atoms with Crippen molar-refractivity contribution in [2.75, 3.05) is 13.7 Å². The molecule has 0 aromatic heterocycles. The Labute approximate surface area is 155 Å². The zero-order valence-electron chi connectivity index (χ0n) is 14.7. The molecule has 0 aliphatic heterocycles. The number of nitrogens with zero attached hydrogens (tertiary/aromatic N) is 2. The topological polar surface area (TPSA) is 120 Å². The molecule has 0 unspecified atom stereocenters. The van der Waals surface area contributed by atoms with Crippen LogP contribution in [-0.2, 0) is 19.1 Å². The summed E-state index contributed by atoms with van der Waals surface area (Å²) in [4.78, 5) is 34.6. The van der Waals surface area contributed by atoms with Crippen LogP contribution < -0.4 is 0 Å². The van der Waals surface area contributed by atoms with Gasteiger partial charge in [0.05, 0.1) is 17.6 Å². The number of hydrogen-bond donors (Lipinski definition) is 0. The molecule has 1 rings (SSSR count). The van der Waals surface area contributed by atoms with Crippen LogP contribution in [0.15, 0.2) is 23.8 Å². The van der Waals surface area contributed by atoms with Gasteiger partial charge in [0.15, 0.2) is 18.1 Å². The highest BCUT2D eigenvalue weighted by Crippen LogP contribution is 2.34. The summed E-state index contributed by atoms with van der Waals surface area (Å²) in [5.74, 6) is -1.75. The molecule has 0 amide bonds. The van der Waals surface area contributed by atoms with Gasteiger partial charge < -0.3 is 9.47 Å². The molecule has 0 fully saturated rings. The lowest BCUT2D eigenvalue weighted by Crippen LogP contribution is -2.23. The molecule has 0 aliphatic carbocycles. The van der Waals surface area contributed by atoms with Crippen LogP contribution in [0, 0.1) is 26.9 Å². The highest BCUT2D eigenvalue weighted by atomic mass is 35.5. The van der Waals surface area contributed by atoms with Gasteiger partial charge in [-0.2, -0.15) is 5.26 Å². The predicted octanol–water partition coefficient (Wildman–Crippen LogP) is 3.29. The summed E-state index contributed by atoms with van der Waals surface area (Å²) in [6.07, 6.45) is 0. The summed E-state index contributed by atoms with van der Waals surface area (Å²) in [5.41, 5.74) is -2.00. The fourth-order valence-corrected chi connectivity index (χ4v) is 2.07. The van der Waals surface area contributed by atoms with Gasteiger partial charge in [-0.3, -0.25) is 14.9 Å². The maximum Gasteiger partial charge on any atom is 0.343 e. The summed E-state index contributed by atoms with van der Waals surface area (Å²) in [6.45, 7) is 4.12. The predicted molar refractivity (Wildman–Crippen MR) is 93.1 cm³/mol. The minimum atomic E-state index is -0.952. The number of nitro benzene ring substituents is 1. The second-order valence-electron chi connectivity index (χ2n) is 6.18. The van der Waals surface area contributed by atoms with Crippen molar-refractivity contribution in [3.63, 3.8) is 0 Å². The van der Waals surface area contributed by atoms with Gasteiger partial charge in [0.25, 0.3) is 5.69 Å². The highest BCUT2D eigenvalue weighted by molar-refractivity contribution is 6.30. The molecular weight excluding hydrogens is 364 g/mol. The van der Waals surface area contributed by atoms with Crippen molar-refractivity contribution >= 4 is 34.8 Å². The first kappa shape index (κ1) is 21.1. The third-order valence-corrected chi connectivity index (χ3v) is 3.45. The van der Waals surface area contributed by atoms with Gasteiger partial charge in [0.1, 0.15) is 11.6 Å². The molecule has 0 bridgehead atoms. The molecule has 26 heavy (non-hydrogen) atoms. The average Bonchev–Trinajstić information content (AvgIpc) is 2.57. The Morgan fingerprint density at radius 3 is 2.42 bits per heavy atom. The summed E-state index contributed by atoms with van der Waals surface area (Å²) >= 11 is 5.80. The van der Waals surface area contributed by atoms with Gasteiger partial charge in [0.2, 0.25) is 0 Å². The third-order valence-electron chi connectivity index (χ3n) is 3.21. The number of ketones is 1. The van der Waals surface area contributed by atoms with Crippen LogP contribution in [0.3, 0.4) is 0 Å². The highest BCUT2D eigenvalue weighted by Gasteiger charge is 2.32. The van der Waals surface area contributed by atoms with E-state index in [9.17, 15) is 25.0 Å². The van der Waals surface area contributed by atoms with Crippen molar-refractivity contribution < 1.29 is 24.0 Å². The van der Waals surface area contributed by atoms with Crippen molar-refractivity contribution in [3.8, 4) is 6.07 Å². The molecule has 0 spiro atoms. The Kier molecular flexibility index (Phi) is 6.86. The van der Waals surface area contributed by atoms with Crippen molar-refractivity contribution in [2.45, 2.75) is 20.8 Å². The van der Waals surface area contributed by atoms with Gasteiger partial charge in [-0.15, -0.1) is 0 Å². The molecule has 138 valence electrons. The second-order valence-corrected chi connectivity index (χ2v) is 6.61. The van der Waals surface area contributed by atoms with Crippen LogP contribution in [0.25, 0.3) is 5.76 Å². The zero-order chi connectivity index (χ0) is 20.1. The lowest BCUT2D eigenvalue weighted by Gasteiger charge is -2.18. The Hall–Kier alpha value is -2.92. The molecule has 1 aromatic carbocycles. The van der Waals surface area contributed by atoms with Crippen LogP contribution in [0.1, 0.15) is 26.3 Å². The lowest BCUT2D eigenvalue weighted by atomic mass is 9.85. The molecule has 0 saturated carbocycles. The van der Waals surface area contributed by atoms with E-state index >= 15 is 0 Å². The molecular formula is C17H17ClN2O6. The quantitative estimate of drug-likeness (QED) is 0.185. The van der Waals surface area contributed by atoms with Crippen molar-refractivity contribution in [1.82, 2.24) is 0 Å². The molecule has 1 aromatic rings. The van der Waals surface area contributed by atoms with Crippen LogP contribution >= 0.6 is 11.6 Å². The largest absolute Gasteiger partial charge is 0.479 e. The molecule has 0 atom stereocenters. The van der Waals surface area contributed by atoms with E-state index < -0.39 is 40.0 Å². The van der Waals surface area contributed by atoms with Gasteiger partial charge in [-0.1, -0.05) is 32.4 Å². The zero-order valence-corrected chi connectivity index (χ0v) is 15.4. The van der Waals surface area contributed by atoms with Crippen LogP contribution in [-0.4, -0.2) is 30.4 Å². The van der Waals surface area contributed by atoms with Crippen molar-refractivity contribution in [2.24, 2.45) is 5.41 Å². The number of nitriles is 1. The second kappa shape index (κ2) is 8.45. The third kappa shape index (κ3) is 5.04. The molecule has 0 saturated heterocycles. The standard InChI is InChI=1S/C17H17ClN2O6/c1-17(2,3)16(22)12(8-19)15(26-9-14(21)25-4)11-6-5-10(18)7-13(11)20(23)24/h5-7H,9H2,1-4H3. The Morgan fingerprint density at radius 1 is 1.35 bits per heavy atom. The van der Waals surface area contributed by atoms with E-state index in [4.69, 9.17) is 16.3 Å². The number of ether oxygens (including phenoxy) is 2. The van der Waals surface area contributed by atoms with E-state index in [0.717, 1.165) is 13.2 Å². The number of methoxy groups -OCH3 is 1. The fourth-order valence-electron chi connectivity index (χ4n) is 1.90. The Morgan fingerprint density at radius 2 is 1.96 bits per heavy atom. The van der Waals surface area contributed by atoms with Gasteiger partial charge >= 0.3 is 5.97 Å². The summed E-state index contributed by atoms with van der Waals surface area (Å²) in [6, 6.07) is 5.39. The van der Waals surface area contributed by atoms with Crippen molar-refractivity contribution in [3.05, 3.63) is 44.5 Å². The van der Waals surface area contributed by atoms with E-state index in [1.54, 1.807) is 26.8 Å². The van der Waals surface area contributed by atoms with Gasteiger partial charge in [-0.05, 0) is 12.1 Å². The molecule has 0 aliphatic rings. The smallest absolute Gasteiger partial charge is 0.343 e. The number of Topliss-reactive ketones (excluding diaryl/α,β-unsaturated/α-hetero) is 1. The lowest BCUT2D eigenvalue weighted by molar-refractivity contribution is -0.385. The van der Waals surface area contributed by atoms with Crippen molar-refractivity contribution in [1.29, 1.82) is 5.26 Å². The first-order valence-corrected chi connectivity index (χ1v) is 7.73. The van der Waals surface area contributed by atoms with E-state index in [1.807, 2.05) is 0 Å². The summed E-state index contributed by atoms with van der Waals surface area (Å²) < 4.78 is 9.76. The maximum absolute atomic E-state index is 12.6. The molecule has 0 N–H and O–H groups in total. The average molecular weight is 381 g/mol. The normalized spacial score (nSPS) is 11.8. The van der Waals surface area contributed by atoms with Gasteiger partial charge in [-0.25, -0.2) is 4.79 Å². The number of rotatable bonds is 6. The first-order valence-electron chi connectivity index (χ1n) is 7.36. The number of hydrogen-bond acceptors (Lipinski definition) is 7. The molecule has 8 nitrogen and oxygen atoms in total. The SMILES string of the molecule is COC(=O)COC(=C(C#N)C(=O)C(C)(C)C)c1ccc(Cl)cc1[N+](=O)[O-]. The first-order chi connectivity index (χ1) is 12.0. The minimum absolute atomic E-state index is 0.0911. The number of carbonyl (C=O) groups is 2. The number of halogens is 1. The number of benzene rings is 1. The Bertz CT molecular complexity index is 818. The molecule has 0 heterocycles. The molecule has 9 heteroatoms. The van der Waals surface area contributed by atoms with E-state index in [2.05, 4.69) is 4.74 Å². The summed E-state index contributed by atoms with van der Waals surface area (Å²) in [7, 11) is 1.13. The summed E-state index contributed by atoms with van der Waals surface area (Å²) in [5, 5.41) is 20.9. The van der Waals surface area contributed by atoms with E-state index in [1.165, 1.54) is 12.1 Å². The van der Waals surface area contributed by atoms with Gasteiger partial charge in [0, 0.05) is 16.5 Å². The monoisotopic (exact) mass is 380 g/mol. The number of nitro groups is 1. The number of allylic oxidation sites excluding steroid dienone is 1. The fraction of sp³-hybridized carbons (Fsp3) is 0.353. The number of esters is 1. The van der Waals surface area contributed by atoms with Crippen LogP contribution in [0.2, 0.25) is 5.02 Å². The molecule has 0 radical (unpaired) electrons. The number of carbonyl (C=O) groups excluding carboxylic acids is 2. The van der Waals surface area contributed by atoms with E-state index in [0.29, 0.717) is 0 Å².